The number of hydrogen-bond acceptors (Lipinski definition) is 4. The highest BCUT2D eigenvalue weighted by atomic mass is 35.5. The number of aliphatic hydroxyl groups excluding tert-OH is 1. The fourth-order valence-electron chi connectivity index (χ4n) is 2.14. The zero-order valence-corrected chi connectivity index (χ0v) is 13.4. The normalized spacial score (nSPS) is 20.0. The second kappa shape index (κ2) is 8.22. The molecule has 1 aromatic heterocycles. The fourth-order valence-corrected chi connectivity index (χ4v) is 2.58. The number of amides is 2. The Hall–Kier alpha value is -1.50. The van der Waals surface area contributed by atoms with E-state index in [0.717, 1.165) is 6.42 Å². The summed E-state index contributed by atoms with van der Waals surface area (Å²) in [5, 5.41) is 18.5. The second-order valence-electron chi connectivity index (χ2n) is 4.98. The van der Waals surface area contributed by atoms with Crippen LogP contribution in [0.4, 0.5) is 10.6 Å². The molecule has 0 spiro atoms. The van der Waals surface area contributed by atoms with Crippen LogP contribution in [0.15, 0.2) is 24.4 Å². The minimum Gasteiger partial charge on any atom is -0.396 e. The zero-order chi connectivity index (χ0) is 15.9. The highest BCUT2D eigenvalue weighted by Gasteiger charge is 2.19. The summed E-state index contributed by atoms with van der Waals surface area (Å²) in [5.41, 5.74) is 0. The molecule has 1 aliphatic rings. The molecule has 1 aliphatic carbocycles. The smallest absolute Gasteiger partial charge is 0.315 e. The number of nitrogens with zero attached hydrogens (tertiary/aromatic N) is 1. The molecule has 22 heavy (non-hydrogen) atoms. The van der Waals surface area contributed by atoms with Gasteiger partial charge in [0.05, 0.1) is 10.0 Å². The van der Waals surface area contributed by atoms with Gasteiger partial charge in [-0.25, -0.2) is 9.78 Å². The second-order valence-corrected chi connectivity index (χ2v) is 5.82. The monoisotopic (exact) mass is 344 g/mol. The lowest BCUT2D eigenvalue weighted by molar-refractivity contribution is 0.231. The Balaban J connectivity index is 1.64. The minimum atomic E-state index is -0.245. The number of nitrogens with one attached hydrogen (secondary N) is 3. The van der Waals surface area contributed by atoms with Gasteiger partial charge in [0, 0.05) is 37.9 Å². The first kappa shape index (κ1) is 16.9. The molecule has 0 radical (unpaired) electrons. The highest BCUT2D eigenvalue weighted by molar-refractivity contribution is 6.35. The Morgan fingerprint density at radius 3 is 2.86 bits per heavy atom. The first-order chi connectivity index (χ1) is 10.6. The standard InChI is InChI=1S/C14H18Cl2N4O2/c15-10-6-12(16)13(19-7-10)17-3-4-18-14(22)20-11-2-1-9(5-11)8-21/h1-2,6-7,9,11,21H,3-5,8H2,(H,17,19)(H2,18,20,22)/t9-,11+/m0/s1. The molecular formula is C14H18Cl2N4O2. The number of halogens is 2. The molecule has 0 fully saturated rings. The van der Waals surface area contributed by atoms with Crippen LogP contribution in [-0.4, -0.2) is 41.9 Å². The predicted molar refractivity (Wildman–Crippen MR) is 87.4 cm³/mol. The van der Waals surface area contributed by atoms with Crippen LogP contribution in [-0.2, 0) is 0 Å². The zero-order valence-electron chi connectivity index (χ0n) is 11.9. The molecule has 2 rings (SSSR count). The molecule has 1 aromatic rings. The van der Waals surface area contributed by atoms with Crippen LogP contribution in [0, 0.1) is 5.92 Å². The summed E-state index contributed by atoms with van der Waals surface area (Å²) in [4.78, 5) is 15.8. The average molecular weight is 345 g/mol. The molecule has 0 saturated heterocycles. The molecule has 2 atom stereocenters. The van der Waals surface area contributed by atoms with Gasteiger partial charge in [0.15, 0.2) is 0 Å². The number of pyridine rings is 1. The molecule has 0 aliphatic heterocycles. The van der Waals surface area contributed by atoms with Crippen molar-refractivity contribution in [2.24, 2.45) is 5.92 Å². The van der Waals surface area contributed by atoms with E-state index in [1.54, 1.807) is 6.07 Å². The number of carbonyl (C=O) groups is 1. The maximum Gasteiger partial charge on any atom is 0.315 e. The van der Waals surface area contributed by atoms with Crippen LogP contribution in [0.2, 0.25) is 10.0 Å². The van der Waals surface area contributed by atoms with Gasteiger partial charge in [0.1, 0.15) is 5.82 Å². The molecule has 6 nitrogen and oxygen atoms in total. The molecule has 120 valence electrons. The maximum absolute atomic E-state index is 11.7. The third-order valence-electron chi connectivity index (χ3n) is 3.23. The highest BCUT2D eigenvalue weighted by Crippen LogP contribution is 2.22. The third kappa shape index (κ3) is 5.05. The SMILES string of the molecule is O=C(NCCNc1ncc(Cl)cc1Cl)N[C@@H]1C=C[C@H](CO)C1. The molecule has 0 saturated carbocycles. The molecule has 0 unspecified atom stereocenters. The van der Waals surface area contributed by atoms with E-state index in [1.165, 1.54) is 6.20 Å². The summed E-state index contributed by atoms with van der Waals surface area (Å²) >= 11 is 11.7. The van der Waals surface area contributed by atoms with Crippen LogP contribution in [0.25, 0.3) is 0 Å². The van der Waals surface area contributed by atoms with E-state index in [1.807, 2.05) is 12.2 Å². The average Bonchev–Trinajstić information content (AvgIpc) is 2.93. The van der Waals surface area contributed by atoms with Gasteiger partial charge in [0.25, 0.3) is 0 Å². The van der Waals surface area contributed by atoms with Crippen LogP contribution in [0.1, 0.15) is 6.42 Å². The van der Waals surface area contributed by atoms with Crippen molar-refractivity contribution in [3.8, 4) is 0 Å². The largest absolute Gasteiger partial charge is 0.396 e. The quantitative estimate of drug-likeness (QED) is 0.469. The lowest BCUT2D eigenvalue weighted by Gasteiger charge is -2.14. The lowest BCUT2D eigenvalue weighted by Crippen LogP contribution is -2.42. The summed E-state index contributed by atoms with van der Waals surface area (Å²) in [7, 11) is 0. The van der Waals surface area contributed by atoms with Crippen molar-refractivity contribution in [3.63, 3.8) is 0 Å². The van der Waals surface area contributed by atoms with E-state index in [9.17, 15) is 4.79 Å². The summed E-state index contributed by atoms with van der Waals surface area (Å²) in [6.45, 7) is 1.02. The van der Waals surface area contributed by atoms with Gasteiger partial charge in [-0.05, 0) is 12.5 Å². The van der Waals surface area contributed by atoms with Crippen LogP contribution < -0.4 is 16.0 Å². The Morgan fingerprint density at radius 2 is 2.18 bits per heavy atom. The maximum atomic E-state index is 11.7. The minimum absolute atomic E-state index is 0.0301. The van der Waals surface area contributed by atoms with E-state index >= 15 is 0 Å². The van der Waals surface area contributed by atoms with Gasteiger partial charge >= 0.3 is 6.03 Å². The molecule has 0 aromatic carbocycles. The van der Waals surface area contributed by atoms with Crippen molar-refractivity contribution in [2.45, 2.75) is 12.5 Å². The number of anilines is 1. The first-order valence-corrected chi connectivity index (χ1v) is 7.72. The van der Waals surface area contributed by atoms with Crippen molar-refractivity contribution >= 4 is 35.1 Å². The van der Waals surface area contributed by atoms with Crippen molar-refractivity contribution in [1.82, 2.24) is 15.6 Å². The van der Waals surface area contributed by atoms with E-state index in [4.69, 9.17) is 28.3 Å². The van der Waals surface area contributed by atoms with Crippen LogP contribution in [0.5, 0.6) is 0 Å². The molecule has 0 bridgehead atoms. The molecular weight excluding hydrogens is 327 g/mol. The van der Waals surface area contributed by atoms with Gasteiger partial charge in [-0.2, -0.15) is 0 Å². The number of hydrogen-bond donors (Lipinski definition) is 4. The van der Waals surface area contributed by atoms with Crippen molar-refractivity contribution < 1.29 is 9.90 Å². The molecule has 1 heterocycles. The number of aromatic nitrogens is 1. The number of aliphatic hydroxyl groups is 1. The van der Waals surface area contributed by atoms with E-state index < -0.39 is 0 Å². The van der Waals surface area contributed by atoms with Gasteiger partial charge in [0.2, 0.25) is 0 Å². The van der Waals surface area contributed by atoms with Gasteiger partial charge in [-0.15, -0.1) is 0 Å². The number of carbonyl (C=O) groups excluding carboxylic acids is 1. The van der Waals surface area contributed by atoms with Crippen molar-refractivity contribution in [1.29, 1.82) is 0 Å². The van der Waals surface area contributed by atoms with Gasteiger partial charge < -0.3 is 21.1 Å². The van der Waals surface area contributed by atoms with Crippen molar-refractivity contribution in [2.75, 3.05) is 25.0 Å². The lowest BCUT2D eigenvalue weighted by atomic mass is 10.1. The summed E-state index contributed by atoms with van der Waals surface area (Å²) in [6.07, 6.45) is 6.04. The third-order valence-corrected chi connectivity index (χ3v) is 3.73. The number of urea groups is 1. The fraction of sp³-hybridized carbons (Fsp3) is 0.429. The Morgan fingerprint density at radius 1 is 1.36 bits per heavy atom. The molecule has 2 amide bonds. The Kier molecular flexibility index (Phi) is 6.30. The van der Waals surface area contributed by atoms with E-state index in [0.29, 0.717) is 29.0 Å². The first-order valence-electron chi connectivity index (χ1n) is 6.97. The van der Waals surface area contributed by atoms with E-state index in [-0.39, 0.29) is 24.6 Å². The predicted octanol–water partition coefficient (Wildman–Crippen LogP) is 2.04. The van der Waals surface area contributed by atoms with Gasteiger partial charge in [-0.1, -0.05) is 35.4 Å². The summed E-state index contributed by atoms with van der Waals surface area (Å²) < 4.78 is 0. The molecule has 4 N–H and O–H groups in total. The molecule has 8 heteroatoms. The van der Waals surface area contributed by atoms with Crippen molar-refractivity contribution in [3.05, 3.63) is 34.5 Å². The summed E-state index contributed by atoms with van der Waals surface area (Å²) in [5.74, 6) is 0.655. The number of rotatable bonds is 6. The van der Waals surface area contributed by atoms with Gasteiger partial charge in [-0.3, -0.25) is 0 Å². The van der Waals surface area contributed by atoms with Crippen LogP contribution in [0.3, 0.4) is 0 Å². The Bertz CT molecular complexity index is 554. The Labute approximate surface area is 138 Å². The van der Waals surface area contributed by atoms with E-state index in [2.05, 4.69) is 20.9 Å². The summed E-state index contributed by atoms with van der Waals surface area (Å²) in [6, 6.07) is 1.32. The van der Waals surface area contributed by atoms with Crippen LogP contribution >= 0.6 is 23.2 Å². The topological polar surface area (TPSA) is 86.3 Å².